The Hall–Kier alpha value is -1.11. The van der Waals surface area contributed by atoms with Crippen molar-refractivity contribution in [2.45, 2.75) is 38.1 Å². The summed E-state index contributed by atoms with van der Waals surface area (Å²) in [6.45, 7) is 5.64. The Morgan fingerprint density at radius 2 is 1.95 bits per heavy atom. The third-order valence-corrected chi connectivity index (χ3v) is 5.32. The number of fused-ring (bicyclic) bond motifs is 1. The Morgan fingerprint density at radius 1 is 1.33 bits per heavy atom. The molecule has 0 aliphatic carbocycles. The summed E-state index contributed by atoms with van der Waals surface area (Å²) in [5, 5.41) is 2.69. The van der Waals surface area contributed by atoms with Gasteiger partial charge in [-0.3, -0.25) is 4.79 Å². The first-order valence-electron chi connectivity index (χ1n) is 6.53. The molecule has 1 aliphatic rings. The molecule has 7 heteroatoms. The van der Waals surface area contributed by atoms with Gasteiger partial charge in [-0.1, -0.05) is 26.8 Å². The highest BCUT2D eigenvalue weighted by molar-refractivity contribution is 7.91. The molecule has 0 saturated heterocycles. The molecular formula is C14H21ClN2O3S. The minimum absolute atomic E-state index is 0. The first-order chi connectivity index (χ1) is 9.11. The van der Waals surface area contributed by atoms with Crippen LogP contribution in [0.4, 0.5) is 5.69 Å². The standard InChI is InChI=1S/C14H20N2O3S.ClH/c1-14(2,3)12(15)13(17)16-10-5-4-9-6-7-20(18,19)11(9)8-10;/h4-5,8,12H,6-7,15H2,1-3H3,(H,16,17);1H/t12-;/m1./s1. The number of carbonyl (C=O) groups excluding carboxylic acids is 1. The zero-order valence-electron chi connectivity index (χ0n) is 12.3. The molecular weight excluding hydrogens is 312 g/mol. The van der Waals surface area contributed by atoms with Crippen LogP contribution in [0.5, 0.6) is 0 Å². The Balaban J connectivity index is 0.00000220. The number of halogens is 1. The van der Waals surface area contributed by atoms with Gasteiger partial charge in [0.05, 0.1) is 16.7 Å². The lowest BCUT2D eigenvalue weighted by Crippen LogP contribution is -2.45. The van der Waals surface area contributed by atoms with E-state index in [0.717, 1.165) is 5.56 Å². The molecule has 0 fully saturated rings. The molecule has 0 unspecified atom stereocenters. The second-order valence-electron chi connectivity index (χ2n) is 6.22. The summed E-state index contributed by atoms with van der Waals surface area (Å²) in [6.07, 6.45) is 0.535. The summed E-state index contributed by atoms with van der Waals surface area (Å²) in [4.78, 5) is 12.4. The van der Waals surface area contributed by atoms with E-state index in [9.17, 15) is 13.2 Å². The molecule has 3 N–H and O–H groups in total. The molecule has 0 spiro atoms. The number of hydrogen-bond acceptors (Lipinski definition) is 4. The average molecular weight is 333 g/mol. The van der Waals surface area contributed by atoms with E-state index >= 15 is 0 Å². The van der Waals surface area contributed by atoms with Crippen molar-refractivity contribution in [2.24, 2.45) is 11.1 Å². The van der Waals surface area contributed by atoms with Gasteiger partial charge >= 0.3 is 0 Å². The van der Waals surface area contributed by atoms with E-state index in [1.54, 1.807) is 12.1 Å². The van der Waals surface area contributed by atoms with Gasteiger partial charge in [-0.2, -0.15) is 0 Å². The van der Waals surface area contributed by atoms with Gasteiger partial charge in [0.15, 0.2) is 9.84 Å². The zero-order valence-corrected chi connectivity index (χ0v) is 14.0. The Bertz CT molecular complexity index is 651. The maximum absolute atomic E-state index is 12.0. The fraction of sp³-hybridized carbons (Fsp3) is 0.500. The first-order valence-corrected chi connectivity index (χ1v) is 8.18. The van der Waals surface area contributed by atoms with E-state index in [1.165, 1.54) is 6.07 Å². The fourth-order valence-electron chi connectivity index (χ4n) is 2.10. The van der Waals surface area contributed by atoms with Crippen LogP contribution in [0.25, 0.3) is 0 Å². The van der Waals surface area contributed by atoms with Crippen LogP contribution in [0.3, 0.4) is 0 Å². The van der Waals surface area contributed by atoms with Crippen molar-refractivity contribution in [3.8, 4) is 0 Å². The number of carbonyl (C=O) groups is 1. The predicted octanol–water partition coefficient (Wildman–Crippen LogP) is 1.75. The molecule has 1 aromatic rings. The summed E-state index contributed by atoms with van der Waals surface area (Å²) < 4.78 is 23.7. The molecule has 2 rings (SSSR count). The lowest BCUT2D eigenvalue weighted by Gasteiger charge is -2.25. The number of benzene rings is 1. The van der Waals surface area contributed by atoms with E-state index in [0.29, 0.717) is 17.0 Å². The molecule has 1 aliphatic heterocycles. The topological polar surface area (TPSA) is 89.3 Å². The summed E-state index contributed by atoms with van der Waals surface area (Å²) in [7, 11) is -3.20. The van der Waals surface area contributed by atoms with Gasteiger partial charge in [0, 0.05) is 5.69 Å². The number of anilines is 1. The number of nitrogens with one attached hydrogen (secondary N) is 1. The maximum atomic E-state index is 12.0. The highest BCUT2D eigenvalue weighted by Gasteiger charge is 2.29. The number of hydrogen-bond donors (Lipinski definition) is 2. The third-order valence-electron chi connectivity index (χ3n) is 3.53. The smallest absolute Gasteiger partial charge is 0.241 e. The highest BCUT2D eigenvalue weighted by Crippen LogP contribution is 2.29. The van der Waals surface area contributed by atoms with Crippen LogP contribution < -0.4 is 11.1 Å². The van der Waals surface area contributed by atoms with Crippen LogP contribution in [0, 0.1) is 5.41 Å². The van der Waals surface area contributed by atoms with E-state index in [2.05, 4.69) is 5.32 Å². The van der Waals surface area contributed by atoms with Crippen molar-refractivity contribution in [3.05, 3.63) is 23.8 Å². The van der Waals surface area contributed by atoms with Crippen LogP contribution in [0.2, 0.25) is 0 Å². The number of amides is 1. The van der Waals surface area contributed by atoms with Crippen LogP contribution in [-0.4, -0.2) is 26.1 Å². The number of sulfone groups is 1. The van der Waals surface area contributed by atoms with Gasteiger partial charge in [-0.15, -0.1) is 12.4 Å². The molecule has 0 aromatic heterocycles. The quantitative estimate of drug-likeness (QED) is 0.863. The number of rotatable bonds is 2. The monoisotopic (exact) mass is 332 g/mol. The van der Waals surface area contributed by atoms with Crippen molar-refractivity contribution in [1.82, 2.24) is 0 Å². The van der Waals surface area contributed by atoms with Gasteiger partial charge in [-0.25, -0.2) is 8.42 Å². The third kappa shape index (κ3) is 3.75. The molecule has 5 nitrogen and oxygen atoms in total. The summed E-state index contributed by atoms with van der Waals surface area (Å²) in [6, 6.07) is 4.32. The van der Waals surface area contributed by atoms with Crippen molar-refractivity contribution in [2.75, 3.05) is 11.1 Å². The molecule has 118 valence electrons. The SMILES string of the molecule is CC(C)(C)[C@H](N)C(=O)Nc1ccc2c(c1)S(=O)(=O)CC2.Cl. The molecule has 0 saturated carbocycles. The Kier molecular flexibility index (Phi) is 5.08. The minimum atomic E-state index is -3.20. The number of aryl methyl sites for hydroxylation is 1. The van der Waals surface area contributed by atoms with Crippen molar-refractivity contribution >= 4 is 33.8 Å². The minimum Gasteiger partial charge on any atom is -0.325 e. The van der Waals surface area contributed by atoms with Gasteiger partial charge in [0.2, 0.25) is 5.91 Å². The normalized spacial score (nSPS) is 17.5. The molecule has 1 amide bonds. The Morgan fingerprint density at radius 3 is 2.52 bits per heavy atom. The van der Waals surface area contributed by atoms with Gasteiger partial charge in [0.1, 0.15) is 0 Å². The van der Waals surface area contributed by atoms with Crippen LogP contribution >= 0.6 is 12.4 Å². The van der Waals surface area contributed by atoms with Gasteiger partial charge in [-0.05, 0) is 29.5 Å². The van der Waals surface area contributed by atoms with Gasteiger partial charge < -0.3 is 11.1 Å². The van der Waals surface area contributed by atoms with E-state index in [1.807, 2.05) is 20.8 Å². The predicted molar refractivity (Wildman–Crippen MR) is 85.5 cm³/mol. The van der Waals surface area contributed by atoms with E-state index in [-0.39, 0.29) is 29.5 Å². The molecule has 1 atom stereocenters. The van der Waals surface area contributed by atoms with E-state index < -0.39 is 15.9 Å². The largest absolute Gasteiger partial charge is 0.325 e. The van der Waals surface area contributed by atoms with Crippen molar-refractivity contribution in [3.63, 3.8) is 0 Å². The lowest BCUT2D eigenvalue weighted by molar-refractivity contribution is -0.119. The molecule has 1 aromatic carbocycles. The van der Waals surface area contributed by atoms with Crippen LogP contribution in [0.1, 0.15) is 26.3 Å². The average Bonchev–Trinajstić information content (AvgIpc) is 2.63. The van der Waals surface area contributed by atoms with Gasteiger partial charge in [0.25, 0.3) is 0 Å². The van der Waals surface area contributed by atoms with Crippen molar-refractivity contribution in [1.29, 1.82) is 0 Å². The first kappa shape index (κ1) is 17.9. The number of nitrogens with two attached hydrogens (primary N) is 1. The zero-order chi connectivity index (χ0) is 15.1. The Labute approximate surface area is 131 Å². The fourth-order valence-corrected chi connectivity index (χ4v) is 3.68. The lowest BCUT2D eigenvalue weighted by atomic mass is 9.87. The molecule has 21 heavy (non-hydrogen) atoms. The molecule has 0 bridgehead atoms. The molecule has 1 heterocycles. The second-order valence-corrected chi connectivity index (χ2v) is 8.30. The molecule has 0 radical (unpaired) electrons. The van der Waals surface area contributed by atoms with Crippen molar-refractivity contribution < 1.29 is 13.2 Å². The second kappa shape index (κ2) is 5.94. The van der Waals surface area contributed by atoms with Crippen LogP contribution in [0.15, 0.2) is 23.1 Å². The summed E-state index contributed by atoms with van der Waals surface area (Å²) in [5.41, 5.74) is 6.80. The van der Waals surface area contributed by atoms with Crippen LogP contribution in [-0.2, 0) is 21.1 Å². The summed E-state index contributed by atoms with van der Waals surface area (Å²) >= 11 is 0. The van der Waals surface area contributed by atoms with E-state index in [4.69, 9.17) is 5.73 Å². The maximum Gasteiger partial charge on any atom is 0.241 e. The summed E-state index contributed by atoms with van der Waals surface area (Å²) in [5.74, 6) is -0.172. The highest BCUT2D eigenvalue weighted by atomic mass is 35.5.